The Hall–Kier alpha value is -3.06. The van der Waals surface area contributed by atoms with Gasteiger partial charge in [-0.2, -0.15) is 0 Å². The molecule has 34 heavy (non-hydrogen) atoms. The molecular formula is C26H21Cl2N3O2S. The first kappa shape index (κ1) is 22.7. The Balaban J connectivity index is 1.52. The third-order valence-electron chi connectivity index (χ3n) is 5.83. The number of pyridine rings is 1. The number of benzene rings is 2. The van der Waals surface area contributed by atoms with Crippen molar-refractivity contribution in [1.29, 1.82) is 0 Å². The quantitative estimate of drug-likeness (QED) is 0.287. The van der Waals surface area contributed by atoms with Gasteiger partial charge in [0.1, 0.15) is 23.3 Å². The smallest absolute Gasteiger partial charge is 0.170 e. The molecule has 2 aromatic carbocycles. The van der Waals surface area contributed by atoms with E-state index in [9.17, 15) is 0 Å². The first-order valence-corrected chi connectivity index (χ1v) is 11.9. The molecule has 2 atom stereocenters. The molecule has 0 bridgehead atoms. The predicted octanol–water partition coefficient (Wildman–Crippen LogP) is 6.83. The van der Waals surface area contributed by atoms with Gasteiger partial charge < -0.3 is 19.4 Å². The molecule has 0 aliphatic carbocycles. The average molecular weight is 510 g/mol. The van der Waals surface area contributed by atoms with E-state index in [2.05, 4.69) is 15.2 Å². The van der Waals surface area contributed by atoms with Gasteiger partial charge in [0.05, 0.1) is 28.9 Å². The van der Waals surface area contributed by atoms with Gasteiger partial charge in [0.15, 0.2) is 5.11 Å². The lowest BCUT2D eigenvalue weighted by molar-refractivity contribution is 0.269. The minimum atomic E-state index is -0.193. The second-order valence-corrected chi connectivity index (χ2v) is 9.13. The second-order valence-electron chi connectivity index (χ2n) is 7.93. The van der Waals surface area contributed by atoms with E-state index >= 15 is 0 Å². The van der Waals surface area contributed by atoms with Crippen molar-refractivity contribution in [2.24, 2.45) is 0 Å². The zero-order chi connectivity index (χ0) is 23.7. The van der Waals surface area contributed by atoms with Crippen LogP contribution < -0.4 is 10.1 Å². The number of thiocarbonyl (C=S) groups is 1. The highest BCUT2D eigenvalue weighted by Gasteiger charge is 2.41. The highest BCUT2D eigenvalue weighted by atomic mass is 35.5. The molecule has 172 valence electrons. The minimum absolute atomic E-state index is 0.167. The number of hydrogen-bond acceptors (Lipinski definition) is 4. The van der Waals surface area contributed by atoms with Crippen LogP contribution >= 0.6 is 35.4 Å². The van der Waals surface area contributed by atoms with Crippen LogP contribution in [0.15, 0.2) is 83.4 Å². The van der Waals surface area contributed by atoms with Gasteiger partial charge in [0, 0.05) is 18.3 Å². The number of nitrogens with zero attached hydrogens (tertiary/aromatic N) is 2. The molecule has 0 saturated carbocycles. The topological polar surface area (TPSA) is 50.5 Å². The maximum atomic E-state index is 6.36. The molecule has 1 N–H and O–H groups in total. The molecule has 1 saturated heterocycles. The monoisotopic (exact) mass is 509 g/mol. The zero-order valence-electron chi connectivity index (χ0n) is 18.2. The lowest BCUT2D eigenvalue weighted by atomic mass is 10.0. The Morgan fingerprint density at radius 3 is 2.56 bits per heavy atom. The average Bonchev–Trinajstić information content (AvgIpc) is 3.47. The molecule has 4 aromatic rings. The van der Waals surface area contributed by atoms with E-state index in [0.717, 1.165) is 28.3 Å². The molecule has 5 nitrogen and oxygen atoms in total. The Kier molecular flexibility index (Phi) is 6.46. The first-order valence-electron chi connectivity index (χ1n) is 10.7. The third kappa shape index (κ3) is 4.49. The van der Waals surface area contributed by atoms with Crippen LogP contribution in [0.5, 0.6) is 5.75 Å². The van der Waals surface area contributed by atoms with Gasteiger partial charge in [0.2, 0.25) is 0 Å². The number of hydrogen-bond donors (Lipinski definition) is 1. The fourth-order valence-corrected chi connectivity index (χ4v) is 4.73. The molecule has 8 heteroatoms. The van der Waals surface area contributed by atoms with E-state index in [4.69, 9.17) is 44.6 Å². The Bertz CT molecular complexity index is 1310. The van der Waals surface area contributed by atoms with Crippen LogP contribution in [0.25, 0.3) is 11.3 Å². The van der Waals surface area contributed by atoms with Crippen LogP contribution in [0.3, 0.4) is 0 Å². The fraction of sp³-hybridized carbons (Fsp3) is 0.154. The fourth-order valence-electron chi connectivity index (χ4n) is 4.13. The second kappa shape index (κ2) is 9.66. The molecular weight excluding hydrogens is 489 g/mol. The molecule has 0 unspecified atom stereocenters. The number of ether oxygens (including phenoxy) is 1. The summed E-state index contributed by atoms with van der Waals surface area (Å²) in [6, 6.07) is 22.8. The lowest BCUT2D eigenvalue weighted by Gasteiger charge is -2.26. The first-order chi connectivity index (χ1) is 16.5. The van der Waals surface area contributed by atoms with E-state index in [1.165, 1.54) is 0 Å². The summed E-state index contributed by atoms with van der Waals surface area (Å²) in [5, 5.41) is 5.07. The maximum Gasteiger partial charge on any atom is 0.170 e. The van der Waals surface area contributed by atoms with Crippen molar-refractivity contribution in [3.05, 3.63) is 106 Å². The summed E-state index contributed by atoms with van der Waals surface area (Å²) < 4.78 is 11.7. The summed E-state index contributed by atoms with van der Waals surface area (Å²) in [6.07, 6.45) is 1.78. The summed E-state index contributed by atoms with van der Waals surface area (Å²) in [5.41, 5.74) is 2.85. The summed E-state index contributed by atoms with van der Waals surface area (Å²) in [5.74, 6) is 2.29. The molecule has 0 spiro atoms. The van der Waals surface area contributed by atoms with Gasteiger partial charge in [-0.3, -0.25) is 4.98 Å². The third-order valence-corrected chi connectivity index (χ3v) is 6.92. The molecule has 1 aliphatic rings. The van der Waals surface area contributed by atoms with Crippen LogP contribution in [-0.4, -0.2) is 22.1 Å². The van der Waals surface area contributed by atoms with Gasteiger partial charge in [-0.15, -0.1) is 0 Å². The van der Waals surface area contributed by atoms with Crippen molar-refractivity contribution in [1.82, 2.24) is 15.2 Å². The molecule has 0 radical (unpaired) electrons. The summed E-state index contributed by atoms with van der Waals surface area (Å²) in [7, 11) is 1.66. The van der Waals surface area contributed by atoms with Crippen molar-refractivity contribution < 1.29 is 9.15 Å². The number of halogens is 2. The van der Waals surface area contributed by atoms with Crippen LogP contribution in [0.2, 0.25) is 10.0 Å². The van der Waals surface area contributed by atoms with E-state index in [0.29, 0.717) is 27.5 Å². The van der Waals surface area contributed by atoms with Gasteiger partial charge in [0.25, 0.3) is 0 Å². The molecule has 0 amide bonds. The molecule has 5 rings (SSSR count). The van der Waals surface area contributed by atoms with Crippen LogP contribution in [0, 0.1) is 0 Å². The molecule has 1 aliphatic heterocycles. The van der Waals surface area contributed by atoms with Gasteiger partial charge in [-0.25, -0.2) is 0 Å². The number of furan rings is 1. The molecule has 2 aromatic heterocycles. The number of rotatable bonds is 6. The van der Waals surface area contributed by atoms with Crippen LogP contribution in [-0.2, 0) is 6.54 Å². The number of nitrogens with one attached hydrogen (secondary N) is 1. The van der Waals surface area contributed by atoms with Crippen LogP contribution in [0.1, 0.15) is 29.1 Å². The number of aromatic nitrogens is 1. The standard InChI is InChI=1S/C26H21Cl2N3O2S/c1-32-18-8-5-16(6-9-18)15-31-25(24(30-26(31)34)21-4-2-3-13-29-21)23-12-11-22(33-23)17-7-10-19(27)20(28)14-17/h2-14,24-25H,15H2,1H3,(H,30,34)/t24-,25-/m0/s1. The minimum Gasteiger partial charge on any atom is -0.497 e. The largest absolute Gasteiger partial charge is 0.497 e. The van der Waals surface area contributed by atoms with Gasteiger partial charge in [-0.1, -0.05) is 41.4 Å². The Morgan fingerprint density at radius 2 is 1.85 bits per heavy atom. The summed E-state index contributed by atoms with van der Waals surface area (Å²) in [4.78, 5) is 6.72. The van der Waals surface area contributed by atoms with E-state index in [-0.39, 0.29) is 12.1 Å². The van der Waals surface area contributed by atoms with Crippen molar-refractivity contribution in [2.45, 2.75) is 18.6 Å². The van der Waals surface area contributed by atoms with Crippen molar-refractivity contribution >= 4 is 40.5 Å². The van der Waals surface area contributed by atoms with Crippen molar-refractivity contribution in [3.63, 3.8) is 0 Å². The van der Waals surface area contributed by atoms with E-state index in [1.807, 2.05) is 60.7 Å². The molecule has 3 heterocycles. The summed E-state index contributed by atoms with van der Waals surface area (Å²) in [6.45, 7) is 0.604. The Morgan fingerprint density at radius 1 is 1.03 bits per heavy atom. The van der Waals surface area contributed by atoms with E-state index in [1.54, 1.807) is 25.4 Å². The zero-order valence-corrected chi connectivity index (χ0v) is 20.6. The lowest BCUT2D eigenvalue weighted by Crippen LogP contribution is -2.29. The highest BCUT2D eigenvalue weighted by molar-refractivity contribution is 7.80. The van der Waals surface area contributed by atoms with E-state index < -0.39 is 0 Å². The van der Waals surface area contributed by atoms with Gasteiger partial charge >= 0.3 is 0 Å². The van der Waals surface area contributed by atoms with Gasteiger partial charge in [-0.05, 0) is 72.4 Å². The highest BCUT2D eigenvalue weighted by Crippen LogP contribution is 2.41. The van der Waals surface area contributed by atoms with Crippen molar-refractivity contribution in [3.8, 4) is 17.1 Å². The SMILES string of the molecule is COc1ccc(CN2C(=S)N[C@@H](c3ccccn3)[C@@H]2c2ccc(-c3ccc(Cl)c(Cl)c3)o2)cc1. The maximum absolute atomic E-state index is 6.36. The normalized spacial score (nSPS) is 17.6. The van der Waals surface area contributed by atoms with Crippen molar-refractivity contribution in [2.75, 3.05) is 7.11 Å². The Labute approximate surface area is 213 Å². The summed E-state index contributed by atoms with van der Waals surface area (Å²) >= 11 is 18.1. The predicted molar refractivity (Wildman–Crippen MR) is 138 cm³/mol. The van der Waals surface area contributed by atoms with Crippen LogP contribution in [0.4, 0.5) is 0 Å². The number of methoxy groups -OCH3 is 1. The molecule has 1 fully saturated rings.